The molecule has 1 aromatic rings. The Labute approximate surface area is 78.5 Å². The zero-order chi connectivity index (χ0) is 9.10. The molecular weight excluding hydrogens is 160 g/mol. The minimum Gasteiger partial charge on any atom is -0.323 e. The van der Waals surface area contributed by atoms with Gasteiger partial charge in [-0.1, -0.05) is 12.1 Å². The number of nitrogens with two attached hydrogens (primary N) is 1. The Hall–Kier alpha value is -1.31. The van der Waals surface area contributed by atoms with Gasteiger partial charge in [-0.3, -0.25) is 0 Å². The van der Waals surface area contributed by atoms with E-state index in [1.165, 1.54) is 36.8 Å². The maximum Gasteiger partial charge on any atom is 0.0538 e. The summed E-state index contributed by atoms with van der Waals surface area (Å²) >= 11 is 0. The fourth-order valence-corrected chi connectivity index (χ4v) is 1.92. The van der Waals surface area contributed by atoms with Crippen LogP contribution in [0.5, 0.6) is 0 Å². The maximum atomic E-state index is 5.11. The maximum absolute atomic E-state index is 5.11. The summed E-state index contributed by atoms with van der Waals surface area (Å²) in [7, 11) is 0. The molecule has 0 bridgehead atoms. The molecule has 0 saturated heterocycles. The van der Waals surface area contributed by atoms with Crippen LogP contribution in [0.25, 0.3) is 0 Å². The van der Waals surface area contributed by atoms with Crippen LogP contribution in [0.2, 0.25) is 0 Å². The summed E-state index contributed by atoms with van der Waals surface area (Å²) in [6.07, 6.45) is 6.79. The van der Waals surface area contributed by atoms with Gasteiger partial charge in [0, 0.05) is 0 Å². The first-order valence-corrected chi connectivity index (χ1v) is 4.75. The van der Waals surface area contributed by atoms with E-state index >= 15 is 0 Å². The molecule has 2 rings (SSSR count). The zero-order valence-electron chi connectivity index (χ0n) is 7.66. The van der Waals surface area contributed by atoms with Crippen LogP contribution in [0.1, 0.15) is 29.5 Å². The molecule has 0 amide bonds. The van der Waals surface area contributed by atoms with Gasteiger partial charge in [-0.25, -0.2) is 0 Å². The molecule has 1 aliphatic rings. The quantitative estimate of drug-likeness (QED) is 0.394. The topological polar surface area (TPSA) is 38.4 Å². The van der Waals surface area contributed by atoms with Gasteiger partial charge in [0.1, 0.15) is 0 Å². The lowest BCUT2D eigenvalue weighted by molar-refractivity contribution is 0.685. The van der Waals surface area contributed by atoms with Crippen LogP contribution in [0.3, 0.4) is 0 Å². The molecule has 13 heavy (non-hydrogen) atoms. The van der Waals surface area contributed by atoms with Crippen LogP contribution in [0.4, 0.5) is 0 Å². The zero-order valence-corrected chi connectivity index (χ0v) is 7.66. The lowest BCUT2D eigenvalue weighted by Crippen LogP contribution is -2.03. The summed E-state index contributed by atoms with van der Waals surface area (Å²) in [5.74, 6) is 5.11. The Morgan fingerprint density at radius 1 is 1.15 bits per heavy atom. The largest absolute Gasteiger partial charge is 0.323 e. The van der Waals surface area contributed by atoms with E-state index in [0.29, 0.717) is 0 Å². The molecule has 1 aliphatic carbocycles. The van der Waals surface area contributed by atoms with Crippen molar-refractivity contribution in [2.75, 3.05) is 0 Å². The molecule has 0 unspecified atom stereocenters. The summed E-state index contributed by atoms with van der Waals surface area (Å²) in [6, 6.07) is 6.48. The molecule has 2 nitrogen and oxygen atoms in total. The molecule has 68 valence electrons. The van der Waals surface area contributed by atoms with Crippen molar-refractivity contribution in [3.05, 3.63) is 34.9 Å². The van der Waals surface area contributed by atoms with E-state index < -0.39 is 0 Å². The molecule has 0 saturated carbocycles. The van der Waals surface area contributed by atoms with Crippen molar-refractivity contribution in [3.8, 4) is 0 Å². The lowest BCUT2D eigenvalue weighted by atomic mass is 9.90. The molecule has 0 fully saturated rings. The average Bonchev–Trinajstić information content (AvgIpc) is 2.18. The fraction of sp³-hybridized carbons (Fsp3) is 0.364. The van der Waals surface area contributed by atoms with Crippen LogP contribution >= 0.6 is 0 Å². The second-order valence-corrected chi connectivity index (χ2v) is 3.51. The van der Waals surface area contributed by atoms with Gasteiger partial charge in [-0.2, -0.15) is 5.10 Å². The average molecular weight is 174 g/mol. The number of aryl methyl sites for hydroxylation is 2. The van der Waals surface area contributed by atoms with Crippen LogP contribution in [-0.4, -0.2) is 6.21 Å². The fourth-order valence-electron chi connectivity index (χ4n) is 1.92. The Morgan fingerprint density at radius 3 is 2.69 bits per heavy atom. The third kappa shape index (κ3) is 1.72. The molecule has 0 radical (unpaired) electrons. The minimum atomic E-state index is 1.11. The van der Waals surface area contributed by atoms with E-state index in [2.05, 4.69) is 23.3 Å². The van der Waals surface area contributed by atoms with Crippen molar-refractivity contribution in [3.63, 3.8) is 0 Å². The molecule has 2 N–H and O–H groups in total. The Kier molecular flexibility index (Phi) is 2.30. The predicted molar refractivity (Wildman–Crippen MR) is 54.9 cm³/mol. The van der Waals surface area contributed by atoms with E-state index in [4.69, 9.17) is 5.84 Å². The standard InChI is InChI=1S/C11H14N2/c12-13-8-9-5-6-10-3-1-2-4-11(10)7-9/h5-8H,1-4,12H2/b13-8+. The second kappa shape index (κ2) is 3.60. The first-order chi connectivity index (χ1) is 6.40. The summed E-state index contributed by atoms with van der Waals surface area (Å²) < 4.78 is 0. The molecule has 2 heteroatoms. The Balaban J connectivity index is 2.35. The number of rotatable bonds is 1. The van der Waals surface area contributed by atoms with E-state index in [1.54, 1.807) is 6.21 Å². The van der Waals surface area contributed by atoms with Crippen molar-refractivity contribution in [1.29, 1.82) is 0 Å². The summed E-state index contributed by atoms with van der Waals surface area (Å²) in [4.78, 5) is 0. The third-order valence-electron chi connectivity index (χ3n) is 2.60. The highest BCUT2D eigenvalue weighted by Crippen LogP contribution is 2.21. The normalized spacial score (nSPS) is 16.0. The van der Waals surface area contributed by atoms with E-state index in [0.717, 1.165) is 5.56 Å². The summed E-state index contributed by atoms with van der Waals surface area (Å²) in [6.45, 7) is 0. The number of benzene rings is 1. The smallest absolute Gasteiger partial charge is 0.0538 e. The highest BCUT2D eigenvalue weighted by atomic mass is 15.1. The van der Waals surface area contributed by atoms with E-state index in [9.17, 15) is 0 Å². The predicted octanol–water partition coefficient (Wildman–Crippen LogP) is 1.86. The van der Waals surface area contributed by atoms with Gasteiger partial charge in [0.25, 0.3) is 0 Å². The van der Waals surface area contributed by atoms with Crippen molar-refractivity contribution in [2.24, 2.45) is 10.9 Å². The summed E-state index contributed by atoms with van der Waals surface area (Å²) in [5, 5.41) is 3.53. The van der Waals surface area contributed by atoms with Crippen molar-refractivity contribution >= 4 is 6.21 Å². The first kappa shape index (κ1) is 8.30. The molecule has 0 spiro atoms. The lowest BCUT2D eigenvalue weighted by Gasteiger charge is -2.15. The molecule has 0 heterocycles. The van der Waals surface area contributed by atoms with Gasteiger partial charge in [-0.05, 0) is 48.4 Å². The van der Waals surface area contributed by atoms with Gasteiger partial charge in [0.05, 0.1) is 6.21 Å². The van der Waals surface area contributed by atoms with Gasteiger partial charge in [-0.15, -0.1) is 0 Å². The second-order valence-electron chi connectivity index (χ2n) is 3.51. The monoisotopic (exact) mass is 174 g/mol. The number of hydrazone groups is 1. The first-order valence-electron chi connectivity index (χ1n) is 4.75. The van der Waals surface area contributed by atoms with Crippen molar-refractivity contribution < 1.29 is 0 Å². The van der Waals surface area contributed by atoms with Crippen LogP contribution in [0, 0.1) is 0 Å². The summed E-state index contributed by atoms with van der Waals surface area (Å²) in [5.41, 5.74) is 4.09. The highest BCUT2D eigenvalue weighted by molar-refractivity contribution is 5.79. The molecular formula is C11H14N2. The Morgan fingerprint density at radius 2 is 1.92 bits per heavy atom. The van der Waals surface area contributed by atoms with Gasteiger partial charge in [0.15, 0.2) is 0 Å². The number of hydrogen-bond acceptors (Lipinski definition) is 2. The third-order valence-corrected chi connectivity index (χ3v) is 2.60. The van der Waals surface area contributed by atoms with Crippen LogP contribution in [-0.2, 0) is 12.8 Å². The minimum absolute atomic E-state index is 1.11. The number of nitrogens with zero attached hydrogens (tertiary/aromatic N) is 1. The molecule has 1 aromatic carbocycles. The SMILES string of the molecule is N/N=C/c1ccc2c(c1)CCCC2. The van der Waals surface area contributed by atoms with E-state index in [1.807, 2.05) is 0 Å². The molecule has 0 aromatic heterocycles. The van der Waals surface area contributed by atoms with Crippen molar-refractivity contribution in [2.45, 2.75) is 25.7 Å². The van der Waals surface area contributed by atoms with Crippen LogP contribution in [0.15, 0.2) is 23.3 Å². The van der Waals surface area contributed by atoms with Gasteiger partial charge >= 0.3 is 0 Å². The molecule has 0 atom stereocenters. The van der Waals surface area contributed by atoms with E-state index in [-0.39, 0.29) is 0 Å². The highest BCUT2D eigenvalue weighted by Gasteiger charge is 2.08. The van der Waals surface area contributed by atoms with Crippen LogP contribution < -0.4 is 5.84 Å². The van der Waals surface area contributed by atoms with Gasteiger partial charge < -0.3 is 5.84 Å². The number of hydrogen-bond donors (Lipinski definition) is 1. The van der Waals surface area contributed by atoms with Gasteiger partial charge in [0.2, 0.25) is 0 Å². The molecule has 0 aliphatic heterocycles. The van der Waals surface area contributed by atoms with Crippen molar-refractivity contribution in [1.82, 2.24) is 0 Å². The Bertz CT molecular complexity index is 329. The number of fused-ring (bicyclic) bond motifs is 1.